The highest BCUT2D eigenvalue weighted by Gasteiger charge is 2.23. The van der Waals surface area contributed by atoms with Crippen LogP contribution in [0.3, 0.4) is 0 Å². The van der Waals surface area contributed by atoms with Gasteiger partial charge in [0.2, 0.25) is 0 Å². The van der Waals surface area contributed by atoms with Crippen LogP contribution in [0.2, 0.25) is 0 Å². The van der Waals surface area contributed by atoms with Gasteiger partial charge in [-0.25, -0.2) is 4.79 Å². The summed E-state index contributed by atoms with van der Waals surface area (Å²) >= 11 is 1.69. The summed E-state index contributed by atoms with van der Waals surface area (Å²) in [6.07, 6.45) is 0. The Morgan fingerprint density at radius 1 is 1.35 bits per heavy atom. The van der Waals surface area contributed by atoms with Gasteiger partial charge in [-0.1, -0.05) is 26.0 Å². The second-order valence-corrected chi connectivity index (χ2v) is 6.24. The Morgan fingerprint density at radius 2 is 2.10 bits per heavy atom. The van der Waals surface area contributed by atoms with Crippen molar-refractivity contribution in [2.24, 2.45) is 0 Å². The van der Waals surface area contributed by atoms with Crippen LogP contribution in [0.5, 0.6) is 0 Å². The predicted molar refractivity (Wildman–Crippen MR) is 83.6 cm³/mol. The van der Waals surface area contributed by atoms with E-state index in [4.69, 9.17) is 5.73 Å². The van der Waals surface area contributed by atoms with Crippen LogP contribution in [0, 0.1) is 0 Å². The monoisotopic (exact) mass is 290 g/mol. The normalized spacial score (nSPS) is 11.3. The van der Waals surface area contributed by atoms with Crippen LogP contribution in [0.15, 0.2) is 35.7 Å². The first-order valence-electron chi connectivity index (χ1n) is 6.31. The van der Waals surface area contributed by atoms with Crippen LogP contribution >= 0.6 is 11.3 Å². The maximum absolute atomic E-state index is 11.2. The molecule has 106 valence electrons. The Kier molecular flexibility index (Phi) is 3.99. The van der Waals surface area contributed by atoms with Gasteiger partial charge in [0.1, 0.15) is 0 Å². The minimum absolute atomic E-state index is 0.0911. The summed E-state index contributed by atoms with van der Waals surface area (Å²) in [5.41, 5.74) is 6.94. The van der Waals surface area contributed by atoms with Crippen LogP contribution in [0.1, 0.15) is 29.1 Å². The van der Waals surface area contributed by atoms with Crippen LogP contribution in [0.25, 0.3) is 0 Å². The highest BCUT2D eigenvalue weighted by atomic mass is 32.1. The molecule has 0 saturated heterocycles. The molecule has 0 atom stereocenters. The lowest BCUT2D eigenvalue weighted by Crippen LogP contribution is -2.27. The van der Waals surface area contributed by atoms with Gasteiger partial charge in [-0.2, -0.15) is 0 Å². The molecule has 0 spiro atoms. The standard InChI is InChI=1S/C15H18N2O2S/c1-15(2,12-7-4-8-20-12)9-17-13-10(14(18)19)5-3-6-11(13)16/h3-8,17H,9,16H2,1-2H3,(H,18,19). The van der Waals surface area contributed by atoms with Gasteiger partial charge in [0.15, 0.2) is 0 Å². The number of para-hydroxylation sites is 1. The molecule has 1 aromatic heterocycles. The maximum atomic E-state index is 11.2. The smallest absolute Gasteiger partial charge is 0.337 e. The van der Waals surface area contributed by atoms with Gasteiger partial charge in [0, 0.05) is 16.8 Å². The number of hydrogen-bond acceptors (Lipinski definition) is 4. The van der Waals surface area contributed by atoms with Crippen molar-refractivity contribution in [2.45, 2.75) is 19.3 Å². The Hall–Kier alpha value is -2.01. The molecule has 2 rings (SSSR count). The van der Waals surface area contributed by atoms with E-state index >= 15 is 0 Å². The maximum Gasteiger partial charge on any atom is 0.337 e. The SMILES string of the molecule is CC(C)(CNc1c(N)cccc1C(=O)O)c1cccs1. The Morgan fingerprint density at radius 3 is 2.70 bits per heavy atom. The summed E-state index contributed by atoms with van der Waals surface area (Å²) < 4.78 is 0. The van der Waals surface area contributed by atoms with Gasteiger partial charge < -0.3 is 16.2 Å². The lowest BCUT2D eigenvalue weighted by atomic mass is 9.91. The molecule has 2 aromatic rings. The first kappa shape index (κ1) is 14.4. The lowest BCUT2D eigenvalue weighted by Gasteiger charge is -2.25. The van der Waals surface area contributed by atoms with E-state index in [9.17, 15) is 9.90 Å². The molecule has 0 aliphatic carbocycles. The van der Waals surface area contributed by atoms with Gasteiger partial charge in [0.25, 0.3) is 0 Å². The first-order valence-corrected chi connectivity index (χ1v) is 7.19. The van der Waals surface area contributed by atoms with Gasteiger partial charge in [0.05, 0.1) is 16.9 Å². The molecule has 0 bridgehead atoms. The van der Waals surface area contributed by atoms with E-state index in [-0.39, 0.29) is 11.0 Å². The van der Waals surface area contributed by atoms with E-state index < -0.39 is 5.97 Å². The molecule has 20 heavy (non-hydrogen) atoms. The van der Waals surface area contributed by atoms with Crippen molar-refractivity contribution in [1.82, 2.24) is 0 Å². The van der Waals surface area contributed by atoms with Crippen molar-refractivity contribution < 1.29 is 9.90 Å². The fourth-order valence-electron chi connectivity index (χ4n) is 2.01. The molecule has 1 aromatic carbocycles. The molecular formula is C15H18N2O2S. The number of nitrogens with two attached hydrogens (primary N) is 1. The number of benzene rings is 1. The molecule has 1 heterocycles. The summed E-state index contributed by atoms with van der Waals surface area (Å²) in [5, 5.41) is 14.4. The number of nitrogens with one attached hydrogen (secondary N) is 1. The number of hydrogen-bond donors (Lipinski definition) is 3. The van der Waals surface area contributed by atoms with Crippen molar-refractivity contribution in [1.29, 1.82) is 0 Å². The number of carboxylic acid groups (broad SMARTS) is 1. The third kappa shape index (κ3) is 2.93. The fourth-order valence-corrected chi connectivity index (χ4v) is 2.86. The van der Waals surface area contributed by atoms with Crippen molar-refractivity contribution >= 4 is 28.7 Å². The summed E-state index contributed by atoms with van der Waals surface area (Å²) in [4.78, 5) is 12.5. The van der Waals surface area contributed by atoms with Crippen molar-refractivity contribution in [3.63, 3.8) is 0 Å². The summed E-state index contributed by atoms with van der Waals surface area (Å²) in [6, 6.07) is 9.00. The zero-order chi connectivity index (χ0) is 14.8. The molecular weight excluding hydrogens is 272 g/mol. The van der Waals surface area contributed by atoms with Gasteiger partial charge in [-0.15, -0.1) is 11.3 Å². The van der Waals surface area contributed by atoms with Crippen LogP contribution in [-0.2, 0) is 5.41 Å². The molecule has 4 nitrogen and oxygen atoms in total. The second kappa shape index (κ2) is 5.54. The molecule has 0 saturated carbocycles. The lowest BCUT2D eigenvalue weighted by molar-refractivity contribution is 0.0698. The average molecular weight is 290 g/mol. The van der Waals surface area contributed by atoms with Crippen LogP contribution in [0.4, 0.5) is 11.4 Å². The number of carboxylic acids is 1. The topological polar surface area (TPSA) is 75.3 Å². The Labute approximate surface area is 122 Å². The zero-order valence-corrected chi connectivity index (χ0v) is 12.3. The number of rotatable bonds is 5. The largest absolute Gasteiger partial charge is 0.478 e. The first-order chi connectivity index (χ1) is 9.42. The Balaban J connectivity index is 2.21. The number of thiophene rings is 1. The average Bonchev–Trinajstić information content (AvgIpc) is 2.91. The molecule has 0 fully saturated rings. The second-order valence-electron chi connectivity index (χ2n) is 5.29. The minimum atomic E-state index is -0.978. The van der Waals surface area contributed by atoms with E-state index in [0.717, 1.165) is 0 Å². The van der Waals surface area contributed by atoms with Crippen LogP contribution < -0.4 is 11.1 Å². The van der Waals surface area contributed by atoms with E-state index in [1.54, 1.807) is 29.5 Å². The predicted octanol–water partition coefficient (Wildman–Crippen LogP) is 3.42. The summed E-state index contributed by atoms with van der Waals surface area (Å²) in [6.45, 7) is 4.85. The Bertz CT molecular complexity index is 606. The van der Waals surface area contributed by atoms with Gasteiger partial charge >= 0.3 is 5.97 Å². The van der Waals surface area contributed by atoms with Crippen molar-refractivity contribution in [3.8, 4) is 0 Å². The summed E-state index contributed by atoms with van der Waals surface area (Å²) in [5.74, 6) is -0.978. The number of anilines is 2. The number of carbonyl (C=O) groups is 1. The quantitative estimate of drug-likeness (QED) is 0.738. The molecule has 0 radical (unpaired) electrons. The van der Waals surface area contributed by atoms with E-state index in [1.165, 1.54) is 4.88 Å². The number of nitrogen functional groups attached to an aromatic ring is 1. The van der Waals surface area contributed by atoms with E-state index in [1.807, 2.05) is 11.4 Å². The third-order valence-electron chi connectivity index (χ3n) is 3.22. The van der Waals surface area contributed by atoms with Crippen LogP contribution in [-0.4, -0.2) is 17.6 Å². The van der Waals surface area contributed by atoms with Crippen molar-refractivity contribution in [3.05, 3.63) is 46.2 Å². The molecule has 5 heteroatoms. The highest BCUT2D eigenvalue weighted by molar-refractivity contribution is 7.10. The number of aromatic carboxylic acids is 1. The van der Waals surface area contributed by atoms with E-state index in [0.29, 0.717) is 17.9 Å². The summed E-state index contributed by atoms with van der Waals surface area (Å²) in [7, 11) is 0. The van der Waals surface area contributed by atoms with E-state index in [2.05, 4.69) is 25.2 Å². The highest BCUT2D eigenvalue weighted by Crippen LogP contribution is 2.30. The zero-order valence-electron chi connectivity index (χ0n) is 11.5. The molecule has 0 aliphatic heterocycles. The molecule has 4 N–H and O–H groups in total. The minimum Gasteiger partial charge on any atom is -0.478 e. The molecule has 0 amide bonds. The van der Waals surface area contributed by atoms with Gasteiger partial charge in [-0.3, -0.25) is 0 Å². The fraction of sp³-hybridized carbons (Fsp3) is 0.267. The molecule has 0 unspecified atom stereocenters. The third-order valence-corrected chi connectivity index (χ3v) is 4.46. The van der Waals surface area contributed by atoms with Gasteiger partial charge in [-0.05, 0) is 23.6 Å². The molecule has 0 aliphatic rings. The van der Waals surface area contributed by atoms with Crippen molar-refractivity contribution in [2.75, 3.05) is 17.6 Å².